The van der Waals surface area contributed by atoms with E-state index in [1.54, 1.807) is 17.0 Å². The third-order valence-electron chi connectivity index (χ3n) is 4.91. The molecule has 0 unspecified atom stereocenters. The van der Waals surface area contributed by atoms with Crippen molar-refractivity contribution in [1.82, 2.24) is 5.32 Å². The molecule has 1 saturated heterocycles. The van der Waals surface area contributed by atoms with Crippen LogP contribution in [0.2, 0.25) is 0 Å². The minimum atomic E-state index is -1.64. The van der Waals surface area contributed by atoms with Gasteiger partial charge in [0.15, 0.2) is 0 Å². The fraction of sp³-hybridized carbons (Fsp3) is 0.588. The zero-order chi connectivity index (χ0) is 19.1. The van der Waals surface area contributed by atoms with Gasteiger partial charge in [-0.1, -0.05) is 0 Å². The molecule has 8 nitrogen and oxygen atoms in total. The minimum absolute atomic E-state index is 0.0138. The topological polar surface area (TPSA) is 105 Å². The van der Waals surface area contributed by atoms with E-state index in [9.17, 15) is 19.3 Å². The van der Waals surface area contributed by atoms with Crippen LogP contribution in [-0.4, -0.2) is 47.0 Å². The smallest absolute Gasteiger partial charge is 0.404 e. The van der Waals surface area contributed by atoms with Gasteiger partial charge in [-0.3, -0.25) is 10.1 Å². The quantitative estimate of drug-likeness (QED) is 0.626. The summed E-state index contributed by atoms with van der Waals surface area (Å²) in [4.78, 5) is 23.4. The number of piperidine rings is 1. The second-order valence-electron chi connectivity index (χ2n) is 7.54. The fourth-order valence-electron chi connectivity index (χ4n) is 3.59. The monoisotopic (exact) mass is 367 g/mol. The van der Waals surface area contributed by atoms with Gasteiger partial charge in [-0.05, 0) is 13.8 Å². The summed E-state index contributed by atoms with van der Waals surface area (Å²) in [5, 5.41) is 22.2. The standard InChI is InChI=1S/C17H22FN3O5/c1-16(2)9-11-7-13(21(24)25)12(8-14(11)26-16)20-5-3-17(18,4-6-20)10-19-15(22)23/h7-8,19H,3-6,9-10H2,1-2H3,(H,22,23). The Hall–Kier alpha value is -2.58. The van der Waals surface area contributed by atoms with Crippen molar-refractivity contribution in [1.29, 1.82) is 0 Å². The van der Waals surface area contributed by atoms with Gasteiger partial charge in [0.25, 0.3) is 5.69 Å². The van der Waals surface area contributed by atoms with Crippen LogP contribution >= 0.6 is 0 Å². The van der Waals surface area contributed by atoms with Crippen LogP contribution in [0.25, 0.3) is 0 Å². The number of carboxylic acid groups (broad SMARTS) is 1. The molecule has 26 heavy (non-hydrogen) atoms. The van der Waals surface area contributed by atoms with E-state index in [-0.39, 0.29) is 38.2 Å². The van der Waals surface area contributed by atoms with Crippen molar-refractivity contribution in [3.63, 3.8) is 0 Å². The first-order valence-electron chi connectivity index (χ1n) is 8.50. The Morgan fingerprint density at radius 3 is 2.65 bits per heavy atom. The van der Waals surface area contributed by atoms with Gasteiger partial charge in [-0.25, -0.2) is 9.18 Å². The molecular formula is C17H22FN3O5. The number of nitrogens with one attached hydrogen (secondary N) is 1. The molecule has 9 heteroatoms. The summed E-state index contributed by atoms with van der Waals surface area (Å²) >= 11 is 0. The Kier molecular flexibility index (Phi) is 4.41. The maximum absolute atomic E-state index is 14.7. The number of hydrogen-bond donors (Lipinski definition) is 2. The summed E-state index contributed by atoms with van der Waals surface area (Å²) in [7, 11) is 0. The zero-order valence-corrected chi connectivity index (χ0v) is 14.7. The van der Waals surface area contributed by atoms with Gasteiger partial charge in [-0.2, -0.15) is 0 Å². The van der Waals surface area contributed by atoms with Gasteiger partial charge < -0.3 is 20.1 Å². The van der Waals surface area contributed by atoms with E-state index in [2.05, 4.69) is 5.32 Å². The molecule has 0 bridgehead atoms. The molecule has 0 spiro atoms. The first-order chi connectivity index (χ1) is 12.1. The van der Waals surface area contributed by atoms with Crippen LogP contribution < -0.4 is 15.0 Å². The summed E-state index contributed by atoms with van der Waals surface area (Å²) in [5.74, 6) is 0.625. The van der Waals surface area contributed by atoms with Crippen molar-refractivity contribution in [2.45, 2.75) is 44.4 Å². The van der Waals surface area contributed by atoms with E-state index in [0.29, 0.717) is 17.9 Å². The molecule has 0 aromatic heterocycles. The van der Waals surface area contributed by atoms with Gasteiger partial charge in [0.05, 0.1) is 11.5 Å². The summed E-state index contributed by atoms with van der Waals surface area (Å²) in [6, 6.07) is 3.21. The minimum Gasteiger partial charge on any atom is -0.487 e. The second-order valence-corrected chi connectivity index (χ2v) is 7.54. The van der Waals surface area contributed by atoms with E-state index in [1.165, 1.54) is 0 Å². The number of alkyl halides is 1. The van der Waals surface area contributed by atoms with Gasteiger partial charge in [0.1, 0.15) is 22.7 Å². The van der Waals surface area contributed by atoms with Crippen LogP contribution in [0.1, 0.15) is 32.3 Å². The molecule has 0 saturated carbocycles. The molecule has 2 heterocycles. The number of benzene rings is 1. The van der Waals surface area contributed by atoms with Crippen molar-refractivity contribution in [3.8, 4) is 5.75 Å². The number of fused-ring (bicyclic) bond motifs is 1. The molecular weight excluding hydrogens is 345 g/mol. The largest absolute Gasteiger partial charge is 0.487 e. The maximum Gasteiger partial charge on any atom is 0.404 e. The van der Waals surface area contributed by atoms with Crippen molar-refractivity contribution in [2.24, 2.45) is 0 Å². The Bertz CT molecular complexity index is 744. The number of halogens is 1. The summed E-state index contributed by atoms with van der Waals surface area (Å²) in [6.45, 7) is 4.10. The highest BCUT2D eigenvalue weighted by atomic mass is 19.1. The molecule has 0 aliphatic carbocycles. The first kappa shape index (κ1) is 18.2. The van der Waals surface area contributed by atoms with Crippen LogP contribution in [0.15, 0.2) is 12.1 Å². The van der Waals surface area contributed by atoms with E-state index in [0.717, 1.165) is 5.56 Å². The number of amides is 1. The summed E-state index contributed by atoms with van der Waals surface area (Å²) in [6.07, 6.45) is -0.488. The molecule has 0 atom stereocenters. The molecule has 2 aliphatic heterocycles. The van der Waals surface area contributed by atoms with E-state index in [4.69, 9.17) is 9.84 Å². The fourth-order valence-corrected chi connectivity index (χ4v) is 3.59. The normalized spacial score (nSPS) is 20.2. The average Bonchev–Trinajstić information content (AvgIpc) is 2.85. The maximum atomic E-state index is 14.7. The number of ether oxygens (including phenoxy) is 1. The molecule has 1 aromatic carbocycles. The molecule has 1 amide bonds. The van der Waals surface area contributed by atoms with Gasteiger partial charge >= 0.3 is 6.09 Å². The van der Waals surface area contributed by atoms with Crippen LogP contribution in [0.3, 0.4) is 0 Å². The van der Waals surface area contributed by atoms with Crippen LogP contribution in [0.5, 0.6) is 5.75 Å². The third-order valence-corrected chi connectivity index (χ3v) is 4.91. The first-order valence-corrected chi connectivity index (χ1v) is 8.50. The van der Waals surface area contributed by atoms with Crippen molar-refractivity contribution < 1.29 is 24.0 Å². The number of hydrogen-bond acceptors (Lipinski definition) is 5. The Balaban J connectivity index is 1.80. The van der Waals surface area contributed by atoms with E-state index >= 15 is 0 Å². The highest BCUT2D eigenvalue weighted by Crippen LogP contribution is 2.43. The Labute approximate surface area is 150 Å². The number of carbonyl (C=O) groups is 1. The lowest BCUT2D eigenvalue weighted by Gasteiger charge is -2.37. The number of nitrogens with zero attached hydrogens (tertiary/aromatic N) is 2. The van der Waals surface area contributed by atoms with Crippen molar-refractivity contribution >= 4 is 17.5 Å². The molecule has 1 fully saturated rings. The molecule has 142 valence electrons. The van der Waals surface area contributed by atoms with Crippen molar-refractivity contribution in [2.75, 3.05) is 24.5 Å². The molecule has 2 N–H and O–H groups in total. The highest BCUT2D eigenvalue weighted by molar-refractivity contribution is 5.69. The zero-order valence-electron chi connectivity index (χ0n) is 14.7. The van der Waals surface area contributed by atoms with E-state index < -0.39 is 22.3 Å². The van der Waals surface area contributed by atoms with Gasteiger partial charge in [0.2, 0.25) is 0 Å². The molecule has 0 radical (unpaired) electrons. The third kappa shape index (κ3) is 3.66. The summed E-state index contributed by atoms with van der Waals surface area (Å²) < 4.78 is 20.6. The van der Waals surface area contributed by atoms with Crippen LogP contribution in [0, 0.1) is 10.1 Å². The summed E-state index contributed by atoms with van der Waals surface area (Å²) in [5.41, 5.74) is -0.848. The second kappa shape index (κ2) is 6.30. The predicted molar refractivity (Wildman–Crippen MR) is 92.8 cm³/mol. The van der Waals surface area contributed by atoms with E-state index in [1.807, 2.05) is 13.8 Å². The molecule has 2 aliphatic rings. The average molecular weight is 367 g/mol. The Morgan fingerprint density at radius 2 is 2.08 bits per heavy atom. The number of anilines is 1. The van der Waals surface area contributed by atoms with Crippen molar-refractivity contribution in [3.05, 3.63) is 27.8 Å². The van der Waals surface area contributed by atoms with Crippen LogP contribution in [-0.2, 0) is 6.42 Å². The predicted octanol–water partition coefficient (Wildman–Crippen LogP) is 2.88. The Morgan fingerprint density at radius 1 is 1.42 bits per heavy atom. The lowest BCUT2D eigenvalue weighted by Crippen LogP contribution is -2.48. The van der Waals surface area contributed by atoms with Crippen LogP contribution in [0.4, 0.5) is 20.6 Å². The molecule has 1 aromatic rings. The lowest BCUT2D eigenvalue weighted by atomic mass is 9.92. The highest BCUT2D eigenvalue weighted by Gasteiger charge is 2.38. The van der Waals surface area contributed by atoms with Gasteiger partial charge in [-0.15, -0.1) is 0 Å². The lowest BCUT2D eigenvalue weighted by molar-refractivity contribution is -0.384. The van der Waals surface area contributed by atoms with Gasteiger partial charge in [0, 0.05) is 50.0 Å². The SMILES string of the molecule is CC1(C)Cc2cc([N+](=O)[O-])c(N3CCC(F)(CNC(=O)O)CC3)cc2O1. The molecule has 3 rings (SSSR count). The number of nitro benzene ring substituents is 1. The number of nitro groups is 1. The number of rotatable bonds is 4.